The first-order chi connectivity index (χ1) is 13.7. The lowest BCUT2D eigenvalue weighted by atomic mass is 9.75. The van der Waals surface area contributed by atoms with Crippen LogP contribution in [-0.2, 0) is 4.79 Å². The van der Waals surface area contributed by atoms with Gasteiger partial charge in [-0.15, -0.1) is 11.3 Å². The van der Waals surface area contributed by atoms with Crippen LogP contribution in [0.3, 0.4) is 0 Å². The van der Waals surface area contributed by atoms with E-state index >= 15 is 0 Å². The maximum Gasteiger partial charge on any atom is 0.277 e. The van der Waals surface area contributed by atoms with Crippen molar-refractivity contribution in [2.45, 2.75) is 38.0 Å². The Balaban J connectivity index is 1.59. The molecule has 3 aromatic rings. The predicted molar refractivity (Wildman–Crippen MR) is 111 cm³/mol. The minimum atomic E-state index is -0.156. The molecule has 0 saturated carbocycles. The number of hydrogen-bond acceptors (Lipinski definition) is 4. The van der Waals surface area contributed by atoms with Gasteiger partial charge in [0.1, 0.15) is 5.82 Å². The molecule has 5 nitrogen and oxygen atoms in total. The van der Waals surface area contributed by atoms with Crippen molar-refractivity contribution >= 4 is 22.9 Å². The van der Waals surface area contributed by atoms with Crippen LogP contribution in [0.1, 0.15) is 48.5 Å². The Kier molecular flexibility index (Phi) is 4.09. The lowest BCUT2D eigenvalue weighted by molar-refractivity contribution is -0.116. The zero-order valence-electron chi connectivity index (χ0n) is 15.6. The van der Waals surface area contributed by atoms with Gasteiger partial charge in [0.2, 0.25) is 0 Å². The highest BCUT2D eigenvalue weighted by Gasteiger charge is 2.39. The molecule has 1 aromatic carbocycles. The molecule has 1 aliphatic heterocycles. The van der Waals surface area contributed by atoms with Crippen molar-refractivity contribution in [2.24, 2.45) is 0 Å². The fourth-order valence-electron chi connectivity index (χ4n) is 4.51. The van der Waals surface area contributed by atoms with Gasteiger partial charge in [-0.25, -0.2) is 4.68 Å². The Bertz CT molecular complexity index is 1120. The first-order valence-electron chi connectivity index (χ1n) is 9.64. The number of carbonyl (C=O) groups excluding carboxylic acids is 1. The van der Waals surface area contributed by atoms with Gasteiger partial charge >= 0.3 is 0 Å². The fraction of sp³-hybridized carbons (Fsp3) is 0.273. The summed E-state index contributed by atoms with van der Waals surface area (Å²) in [6.07, 6.45) is 2.05. The number of fused-ring (bicyclic) bond motifs is 1. The van der Waals surface area contributed by atoms with Gasteiger partial charge in [-0.1, -0.05) is 31.2 Å². The molecule has 2 N–H and O–H groups in total. The van der Waals surface area contributed by atoms with Crippen molar-refractivity contribution in [2.75, 3.05) is 5.32 Å². The van der Waals surface area contributed by atoms with Crippen molar-refractivity contribution in [3.63, 3.8) is 0 Å². The third kappa shape index (κ3) is 2.59. The molecular weight excluding hydrogens is 370 g/mol. The highest BCUT2D eigenvalue weighted by atomic mass is 32.1. The van der Waals surface area contributed by atoms with Crippen molar-refractivity contribution < 1.29 is 4.79 Å². The van der Waals surface area contributed by atoms with Gasteiger partial charge in [0, 0.05) is 34.4 Å². The molecule has 0 bridgehead atoms. The number of nitrogens with one attached hydrogen (secondary N) is 2. The molecule has 28 heavy (non-hydrogen) atoms. The van der Waals surface area contributed by atoms with Crippen LogP contribution in [0.4, 0.5) is 5.82 Å². The van der Waals surface area contributed by atoms with Crippen LogP contribution >= 0.6 is 11.3 Å². The summed E-state index contributed by atoms with van der Waals surface area (Å²) in [5.41, 5.74) is 3.15. The van der Waals surface area contributed by atoms with E-state index in [9.17, 15) is 9.59 Å². The third-order valence-electron chi connectivity index (χ3n) is 5.78. The second kappa shape index (κ2) is 6.63. The summed E-state index contributed by atoms with van der Waals surface area (Å²) in [5, 5.41) is 8.69. The molecule has 3 heterocycles. The second-order valence-electron chi connectivity index (χ2n) is 7.40. The van der Waals surface area contributed by atoms with Crippen molar-refractivity contribution in [1.29, 1.82) is 0 Å². The van der Waals surface area contributed by atoms with Gasteiger partial charge in [0.05, 0.1) is 11.3 Å². The van der Waals surface area contributed by atoms with E-state index in [4.69, 9.17) is 0 Å². The number of anilines is 1. The molecule has 2 aliphatic rings. The van der Waals surface area contributed by atoms with Crippen molar-refractivity contribution in [1.82, 2.24) is 9.78 Å². The number of ketones is 1. The standard InChI is InChI=1S/C22H21N3O2S/c1-2-15-19-16(11-13(12-17(19)26)18-9-6-10-28-18)23-21-20(15)22(27)25(24-21)14-7-4-3-5-8-14/h3-10,13,15,23-24H,2,11-12H2,1H3/t13-,15+/m0/s1. The molecule has 0 amide bonds. The molecule has 142 valence electrons. The van der Waals surface area contributed by atoms with Crippen molar-refractivity contribution in [3.8, 4) is 5.69 Å². The number of benzene rings is 1. The second-order valence-corrected chi connectivity index (χ2v) is 8.38. The number of thiophene rings is 1. The zero-order chi connectivity index (χ0) is 19.3. The summed E-state index contributed by atoms with van der Waals surface area (Å²) >= 11 is 1.70. The number of nitrogens with zero attached hydrogens (tertiary/aromatic N) is 1. The van der Waals surface area contributed by atoms with Crippen LogP contribution in [0.2, 0.25) is 0 Å². The summed E-state index contributed by atoms with van der Waals surface area (Å²) in [6, 6.07) is 13.7. The van der Waals surface area contributed by atoms with Crippen LogP contribution in [-0.4, -0.2) is 15.6 Å². The van der Waals surface area contributed by atoms with Gasteiger partial charge < -0.3 is 5.32 Å². The van der Waals surface area contributed by atoms with Crippen LogP contribution in [0.25, 0.3) is 5.69 Å². The summed E-state index contributed by atoms with van der Waals surface area (Å²) < 4.78 is 1.57. The third-order valence-corrected chi connectivity index (χ3v) is 6.81. The number of hydrogen-bond donors (Lipinski definition) is 2. The molecule has 0 unspecified atom stereocenters. The zero-order valence-corrected chi connectivity index (χ0v) is 16.4. The Morgan fingerprint density at radius 2 is 1.93 bits per heavy atom. The number of aromatic nitrogens is 2. The normalized spacial score (nSPS) is 21.2. The Morgan fingerprint density at radius 3 is 2.64 bits per heavy atom. The summed E-state index contributed by atoms with van der Waals surface area (Å²) in [7, 11) is 0. The Hall–Kier alpha value is -2.86. The summed E-state index contributed by atoms with van der Waals surface area (Å²) in [4.78, 5) is 27.5. The molecule has 2 aromatic heterocycles. The van der Waals surface area contributed by atoms with Crippen LogP contribution in [0, 0.1) is 0 Å². The van der Waals surface area contributed by atoms with Gasteiger partial charge in [0.25, 0.3) is 5.56 Å². The molecule has 0 radical (unpaired) electrons. The maximum atomic E-state index is 13.2. The fourth-order valence-corrected chi connectivity index (χ4v) is 5.34. The maximum absolute atomic E-state index is 13.2. The molecular formula is C22H21N3O2S. The molecule has 2 atom stereocenters. The van der Waals surface area contributed by atoms with Crippen molar-refractivity contribution in [3.05, 3.63) is 79.9 Å². The SMILES string of the molecule is CC[C@@H]1C2=C(C[C@H](c3cccs3)CC2=O)Nc2[nH]n(-c3ccccc3)c(=O)c21. The van der Waals surface area contributed by atoms with Gasteiger partial charge in [0.15, 0.2) is 5.78 Å². The number of carbonyl (C=O) groups is 1. The largest absolute Gasteiger partial charge is 0.343 e. The van der Waals surface area contributed by atoms with Gasteiger partial charge in [-0.3, -0.25) is 14.7 Å². The molecule has 0 spiro atoms. The smallest absolute Gasteiger partial charge is 0.277 e. The van der Waals surface area contributed by atoms with Gasteiger partial charge in [-0.05, 0) is 36.4 Å². The van der Waals surface area contributed by atoms with Crippen LogP contribution < -0.4 is 10.9 Å². The minimum absolute atomic E-state index is 0.0831. The number of allylic oxidation sites excluding steroid dienone is 2. The van der Waals surface area contributed by atoms with E-state index in [-0.39, 0.29) is 23.2 Å². The Morgan fingerprint density at radius 1 is 1.11 bits per heavy atom. The topological polar surface area (TPSA) is 66.9 Å². The lowest BCUT2D eigenvalue weighted by Crippen LogP contribution is -2.31. The highest BCUT2D eigenvalue weighted by molar-refractivity contribution is 7.10. The number of Topliss-reactive ketones (excluding diaryl/α,β-unsaturated/α-hetero) is 1. The number of aromatic amines is 1. The van der Waals surface area contributed by atoms with E-state index in [2.05, 4.69) is 21.9 Å². The van der Waals surface area contributed by atoms with Gasteiger partial charge in [-0.2, -0.15) is 0 Å². The minimum Gasteiger partial charge on any atom is -0.343 e. The monoisotopic (exact) mass is 391 g/mol. The number of para-hydroxylation sites is 1. The summed E-state index contributed by atoms with van der Waals surface area (Å²) in [5.74, 6) is 0.938. The quantitative estimate of drug-likeness (QED) is 0.688. The van der Waals surface area contributed by atoms with E-state index in [0.29, 0.717) is 12.0 Å². The predicted octanol–water partition coefficient (Wildman–Crippen LogP) is 4.55. The van der Waals surface area contributed by atoms with E-state index in [1.807, 2.05) is 43.3 Å². The molecule has 0 fully saturated rings. The highest BCUT2D eigenvalue weighted by Crippen LogP contribution is 2.45. The average molecular weight is 391 g/mol. The molecule has 5 rings (SSSR count). The van der Waals surface area contributed by atoms with Crippen LogP contribution in [0.5, 0.6) is 0 Å². The molecule has 1 aliphatic carbocycles. The van der Waals surface area contributed by atoms with E-state index in [1.54, 1.807) is 16.0 Å². The van der Waals surface area contributed by atoms with E-state index < -0.39 is 0 Å². The first kappa shape index (κ1) is 17.3. The lowest BCUT2D eigenvalue weighted by Gasteiger charge is -2.33. The van der Waals surface area contributed by atoms with Crippen LogP contribution in [0.15, 0.2) is 63.9 Å². The average Bonchev–Trinajstić information content (AvgIpc) is 3.36. The number of H-pyrrole nitrogens is 1. The molecule has 6 heteroatoms. The number of rotatable bonds is 3. The summed E-state index contributed by atoms with van der Waals surface area (Å²) in [6.45, 7) is 2.04. The Labute approximate surface area is 166 Å². The van der Waals surface area contributed by atoms with E-state index in [1.165, 1.54) is 4.88 Å². The first-order valence-corrected chi connectivity index (χ1v) is 10.5. The molecule has 0 saturated heterocycles. The van der Waals surface area contributed by atoms with E-state index in [0.717, 1.165) is 35.6 Å².